The Hall–Kier alpha value is -0.960. The van der Waals surface area contributed by atoms with Gasteiger partial charge in [0.25, 0.3) is 0 Å². The predicted octanol–water partition coefficient (Wildman–Crippen LogP) is 3.19. The molecule has 0 unspecified atom stereocenters. The van der Waals surface area contributed by atoms with Gasteiger partial charge in [-0.2, -0.15) is 0 Å². The van der Waals surface area contributed by atoms with Crippen molar-refractivity contribution in [1.29, 1.82) is 0 Å². The Bertz CT molecular complexity index is 358. The monoisotopic (exact) mass is 242 g/mol. The van der Waals surface area contributed by atoms with Crippen molar-refractivity contribution in [1.82, 2.24) is 0 Å². The summed E-state index contributed by atoms with van der Waals surface area (Å²) in [6.07, 6.45) is 3.09. The number of benzene rings is 1. The average molecular weight is 243 g/mol. The molecule has 0 spiro atoms. The summed E-state index contributed by atoms with van der Waals surface area (Å²) in [5.74, 6) is -0.333. The lowest BCUT2D eigenvalue weighted by atomic mass is 10.2. The van der Waals surface area contributed by atoms with E-state index in [2.05, 4.69) is 15.9 Å². The Morgan fingerprint density at radius 1 is 1.54 bits per heavy atom. The van der Waals surface area contributed by atoms with Crippen molar-refractivity contribution in [2.45, 2.75) is 6.92 Å². The molecule has 68 valence electrons. The highest BCUT2D eigenvalue weighted by molar-refractivity contribution is 9.10. The van der Waals surface area contributed by atoms with Crippen LogP contribution in [-0.4, -0.2) is 5.78 Å². The Morgan fingerprint density at radius 2 is 2.23 bits per heavy atom. The maximum Gasteiger partial charge on any atom is 0.152 e. The van der Waals surface area contributed by atoms with E-state index in [1.54, 1.807) is 18.2 Å². The van der Waals surface area contributed by atoms with E-state index in [1.807, 2.05) is 0 Å². The van der Waals surface area contributed by atoms with Crippen LogP contribution in [-0.2, 0) is 4.79 Å². The van der Waals surface area contributed by atoms with Crippen molar-refractivity contribution in [3.8, 4) is 0 Å². The molecular formula is C10H8BrFO. The summed E-state index contributed by atoms with van der Waals surface area (Å²) in [5.41, 5.74) is 0.795. The molecule has 13 heavy (non-hydrogen) atoms. The van der Waals surface area contributed by atoms with E-state index in [1.165, 1.54) is 19.1 Å². The van der Waals surface area contributed by atoms with E-state index in [0.717, 1.165) is 5.56 Å². The number of allylic oxidation sites excluding steroid dienone is 1. The van der Waals surface area contributed by atoms with Crippen molar-refractivity contribution in [3.05, 3.63) is 40.1 Å². The standard InChI is InChI=1S/C10H8BrFO/c1-7(13)2-3-8-4-5-10(12)9(11)6-8/h2-6H,1H3. The fourth-order valence-electron chi connectivity index (χ4n) is 0.830. The molecule has 0 saturated carbocycles. The molecular weight excluding hydrogens is 235 g/mol. The van der Waals surface area contributed by atoms with Gasteiger partial charge in [-0.05, 0) is 46.6 Å². The van der Waals surface area contributed by atoms with Crippen LogP contribution in [0, 0.1) is 5.82 Å². The number of hydrogen-bond acceptors (Lipinski definition) is 1. The van der Waals surface area contributed by atoms with Gasteiger partial charge in [0, 0.05) is 0 Å². The summed E-state index contributed by atoms with van der Waals surface area (Å²) in [6.45, 7) is 1.47. The van der Waals surface area contributed by atoms with Crippen LogP contribution < -0.4 is 0 Å². The largest absolute Gasteiger partial charge is 0.295 e. The van der Waals surface area contributed by atoms with Gasteiger partial charge in [-0.3, -0.25) is 4.79 Å². The first kappa shape index (κ1) is 10.1. The van der Waals surface area contributed by atoms with Crippen LogP contribution in [0.5, 0.6) is 0 Å². The summed E-state index contributed by atoms with van der Waals surface area (Å²) in [6, 6.07) is 4.58. The lowest BCUT2D eigenvalue weighted by Gasteiger charge is -1.95. The molecule has 0 bridgehead atoms. The third-order valence-corrected chi connectivity index (χ3v) is 2.06. The van der Waals surface area contributed by atoms with Gasteiger partial charge >= 0.3 is 0 Å². The van der Waals surface area contributed by atoms with E-state index >= 15 is 0 Å². The van der Waals surface area contributed by atoms with Crippen molar-refractivity contribution in [2.24, 2.45) is 0 Å². The molecule has 0 aliphatic carbocycles. The lowest BCUT2D eigenvalue weighted by Crippen LogP contribution is -1.82. The van der Waals surface area contributed by atoms with Gasteiger partial charge in [-0.1, -0.05) is 12.1 Å². The predicted molar refractivity (Wildman–Crippen MR) is 53.8 cm³/mol. The van der Waals surface area contributed by atoms with Gasteiger partial charge in [0.05, 0.1) is 4.47 Å². The minimum atomic E-state index is -0.306. The molecule has 1 aromatic carbocycles. The summed E-state index contributed by atoms with van der Waals surface area (Å²) >= 11 is 3.06. The maximum atomic E-state index is 12.8. The highest BCUT2D eigenvalue weighted by Crippen LogP contribution is 2.17. The molecule has 0 amide bonds. The smallest absolute Gasteiger partial charge is 0.152 e. The second-order valence-corrected chi connectivity index (χ2v) is 3.47. The van der Waals surface area contributed by atoms with Gasteiger partial charge in [-0.15, -0.1) is 0 Å². The molecule has 0 atom stereocenters. The molecule has 1 aromatic rings. The number of ketones is 1. The third kappa shape index (κ3) is 3.11. The SMILES string of the molecule is CC(=O)C=Cc1ccc(F)c(Br)c1. The first-order valence-electron chi connectivity index (χ1n) is 3.73. The van der Waals surface area contributed by atoms with E-state index in [9.17, 15) is 9.18 Å². The first-order valence-corrected chi connectivity index (χ1v) is 4.52. The topological polar surface area (TPSA) is 17.1 Å². The number of hydrogen-bond donors (Lipinski definition) is 0. The molecule has 1 rings (SSSR count). The van der Waals surface area contributed by atoms with Gasteiger partial charge in [-0.25, -0.2) is 4.39 Å². The Morgan fingerprint density at radius 3 is 2.77 bits per heavy atom. The summed E-state index contributed by atoms with van der Waals surface area (Å²) in [5, 5.41) is 0. The summed E-state index contributed by atoms with van der Waals surface area (Å²) < 4.78 is 13.2. The van der Waals surface area contributed by atoms with E-state index in [4.69, 9.17) is 0 Å². The van der Waals surface area contributed by atoms with Crippen molar-refractivity contribution in [3.63, 3.8) is 0 Å². The Balaban J connectivity index is 2.92. The highest BCUT2D eigenvalue weighted by Gasteiger charge is 1.97. The molecule has 0 fully saturated rings. The van der Waals surface area contributed by atoms with Crippen LogP contribution in [0.25, 0.3) is 6.08 Å². The zero-order chi connectivity index (χ0) is 9.84. The molecule has 0 radical (unpaired) electrons. The maximum absolute atomic E-state index is 12.8. The van der Waals surface area contributed by atoms with Crippen molar-refractivity contribution >= 4 is 27.8 Å². The number of carbonyl (C=O) groups excluding carboxylic acids is 1. The Labute approximate surface area is 84.4 Å². The van der Waals surface area contributed by atoms with Crippen LogP contribution in [0.15, 0.2) is 28.7 Å². The summed E-state index contributed by atoms with van der Waals surface area (Å²) in [7, 11) is 0. The van der Waals surface area contributed by atoms with Gasteiger partial charge in [0.1, 0.15) is 5.82 Å². The fourth-order valence-corrected chi connectivity index (χ4v) is 1.23. The number of halogens is 2. The second kappa shape index (κ2) is 4.33. The molecule has 0 aliphatic heterocycles. The minimum absolute atomic E-state index is 0.0274. The van der Waals surface area contributed by atoms with Crippen molar-refractivity contribution in [2.75, 3.05) is 0 Å². The molecule has 0 saturated heterocycles. The second-order valence-electron chi connectivity index (χ2n) is 2.62. The van der Waals surface area contributed by atoms with Crippen LogP contribution >= 0.6 is 15.9 Å². The molecule has 0 heterocycles. The highest BCUT2D eigenvalue weighted by atomic mass is 79.9. The van der Waals surface area contributed by atoms with Crippen LogP contribution in [0.2, 0.25) is 0 Å². The van der Waals surface area contributed by atoms with Gasteiger partial charge in [0.2, 0.25) is 0 Å². The van der Waals surface area contributed by atoms with Crippen LogP contribution in [0.3, 0.4) is 0 Å². The third-order valence-electron chi connectivity index (χ3n) is 1.45. The van der Waals surface area contributed by atoms with E-state index in [0.29, 0.717) is 4.47 Å². The Kier molecular flexibility index (Phi) is 3.37. The fraction of sp³-hybridized carbons (Fsp3) is 0.100. The molecule has 0 N–H and O–H groups in total. The summed E-state index contributed by atoms with van der Waals surface area (Å²) in [4.78, 5) is 10.6. The van der Waals surface area contributed by atoms with Crippen LogP contribution in [0.1, 0.15) is 12.5 Å². The zero-order valence-electron chi connectivity index (χ0n) is 7.05. The minimum Gasteiger partial charge on any atom is -0.295 e. The van der Waals surface area contributed by atoms with Crippen LogP contribution in [0.4, 0.5) is 4.39 Å². The molecule has 1 nitrogen and oxygen atoms in total. The average Bonchev–Trinajstić information content (AvgIpc) is 2.07. The van der Waals surface area contributed by atoms with Crippen molar-refractivity contribution < 1.29 is 9.18 Å². The number of carbonyl (C=O) groups is 1. The van der Waals surface area contributed by atoms with Gasteiger partial charge < -0.3 is 0 Å². The number of rotatable bonds is 2. The van der Waals surface area contributed by atoms with E-state index < -0.39 is 0 Å². The quantitative estimate of drug-likeness (QED) is 0.729. The molecule has 0 aromatic heterocycles. The lowest BCUT2D eigenvalue weighted by molar-refractivity contribution is -0.112. The normalized spacial score (nSPS) is 10.7. The first-order chi connectivity index (χ1) is 6.09. The van der Waals surface area contributed by atoms with E-state index in [-0.39, 0.29) is 11.6 Å². The molecule has 3 heteroatoms. The molecule has 0 aliphatic rings. The van der Waals surface area contributed by atoms with Gasteiger partial charge in [0.15, 0.2) is 5.78 Å². The zero-order valence-corrected chi connectivity index (χ0v) is 8.64.